The maximum Gasteiger partial charge on any atom is 0.224 e. The van der Waals surface area contributed by atoms with Gasteiger partial charge in [0.15, 0.2) is 0 Å². The van der Waals surface area contributed by atoms with Crippen LogP contribution >= 0.6 is 0 Å². The molecule has 0 spiro atoms. The highest BCUT2D eigenvalue weighted by Crippen LogP contribution is 2.26. The number of hydrogen-bond acceptors (Lipinski definition) is 3. The zero-order chi connectivity index (χ0) is 13.9. The van der Waals surface area contributed by atoms with Gasteiger partial charge in [0.05, 0.1) is 18.8 Å². The Kier molecular flexibility index (Phi) is 4.10. The van der Waals surface area contributed by atoms with Gasteiger partial charge in [-0.25, -0.2) is 0 Å². The zero-order valence-electron chi connectivity index (χ0n) is 11.5. The van der Waals surface area contributed by atoms with E-state index < -0.39 is 5.54 Å². The highest BCUT2D eigenvalue weighted by atomic mass is 16.5. The summed E-state index contributed by atoms with van der Waals surface area (Å²) in [5.41, 5.74) is 0.492. The van der Waals surface area contributed by atoms with Crippen molar-refractivity contribution < 1.29 is 14.6 Å². The van der Waals surface area contributed by atoms with E-state index in [0.717, 1.165) is 11.3 Å². The highest BCUT2D eigenvalue weighted by Gasteiger charge is 2.27. The molecule has 2 rings (SSSR count). The number of aliphatic hydroxyl groups excluding tert-OH is 1. The summed E-state index contributed by atoms with van der Waals surface area (Å²) in [6.45, 7) is 4.10. The van der Waals surface area contributed by atoms with Crippen molar-refractivity contribution in [2.45, 2.75) is 32.2 Å². The number of benzene rings is 1. The van der Waals surface area contributed by atoms with Crippen LogP contribution in [0.15, 0.2) is 24.3 Å². The third-order valence-electron chi connectivity index (χ3n) is 3.39. The lowest BCUT2D eigenvalue weighted by molar-refractivity contribution is -0.127. The maximum atomic E-state index is 12.3. The number of fused-ring (bicyclic) bond motifs is 1. The van der Waals surface area contributed by atoms with Crippen LogP contribution in [0.2, 0.25) is 0 Å². The first-order valence-corrected chi connectivity index (χ1v) is 6.65. The molecule has 1 atom stereocenters. The molecular formula is C15H21NO3. The number of carbonyl (C=O) groups excluding carboxylic acids is 1. The second-order valence-electron chi connectivity index (χ2n) is 5.68. The van der Waals surface area contributed by atoms with Crippen LogP contribution in [0.5, 0.6) is 5.75 Å². The van der Waals surface area contributed by atoms with Gasteiger partial charge >= 0.3 is 0 Å². The van der Waals surface area contributed by atoms with Crippen molar-refractivity contribution in [3.63, 3.8) is 0 Å². The zero-order valence-corrected chi connectivity index (χ0v) is 11.5. The van der Waals surface area contributed by atoms with Gasteiger partial charge in [-0.05, 0) is 38.3 Å². The summed E-state index contributed by atoms with van der Waals surface area (Å²) < 4.78 is 5.66. The summed E-state index contributed by atoms with van der Waals surface area (Å²) in [6, 6.07) is 7.83. The fourth-order valence-electron chi connectivity index (χ4n) is 2.19. The third-order valence-corrected chi connectivity index (χ3v) is 3.39. The smallest absolute Gasteiger partial charge is 0.224 e. The van der Waals surface area contributed by atoms with Crippen LogP contribution in [0.4, 0.5) is 0 Å². The van der Waals surface area contributed by atoms with E-state index in [1.54, 1.807) is 0 Å². The molecule has 1 aromatic carbocycles. The first-order chi connectivity index (χ1) is 9.02. The highest BCUT2D eigenvalue weighted by molar-refractivity contribution is 5.80. The van der Waals surface area contributed by atoms with Crippen molar-refractivity contribution in [3.8, 4) is 5.75 Å². The summed E-state index contributed by atoms with van der Waals surface area (Å²) in [6.07, 6.45) is 1.38. The molecule has 4 nitrogen and oxygen atoms in total. The molecule has 0 aromatic heterocycles. The van der Waals surface area contributed by atoms with Crippen LogP contribution in [0.3, 0.4) is 0 Å². The minimum atomic E-state index is -0.580. The second-order valence-corrected chi connectivity index (χ2v) is 5.68. The van der Waals surface area contributed by atoms with E-state index in [2.05, 4.69) is 5.32 Å². The summed E-state index contributed by atoms with van der Waals surface area (Å²) in [7, 11) is 0. The summed E-state index contributed by atoms with van der Waals surface area (Å²) >= 11 is 0. The molecule has 0 fully saturated rings. The van der Waals surface area contributed by atoms with E-state index in [-0.39, 0.29) is 18.4 Å². The van der Waals surface area contributed by atoms with Gasteiger partial charge in [0.2, 0.25) is 5.91 Å². The summed E-state index contributed by atoms with van der Waals surface area (Å²) in [5.74, 6) is 0.757. The van der Waals surface area contributed by atoms with E-state index in [9.17, 15) is 9.90 Å². The molecule has 19 heavy (non-hydrogen) atoms. The number of carbonyl (C=O) groups is 1. The van der Waals surface area contributed by atoms with Crippen molar-refractivity contribution in [2.24, 2.45) is 5.92 Å². The number of nitrogens with one attached hydrogen (secondary N) is 1. The van der Waals surface area contributed by atoms with Gasteiger partial charge in [0.1, 0.15) is 5.75 Å². The Morgan fingerprint density at radius 1 is 1.47 bits per heavy atom. The number of rotatable bonds is 3. The first-order valence-electron chi connectivity index (χ1n) is 6.65. The first kappa shape index (κ1) is 13.9. The van der Waals surface area contributed by atoms with Crippen molar-refractivity contribution in [2.75, 3.05) is 13.2 Å². The molecule has 0 aliphatic carbocycles. The van der Waals surface area contributed by atoms with Crippen LogP contribution in [-0.2, 0) is 11.2 Å². The minimum Gasteiger partial charge on any atom is -0.493 e. The Bertz CT molecular complexity index is 456. The molecule has 0 saturated heterocycles. The maximum absolute atomic E-state index is 12.3. The number of amides is 1. The Morgan fingerprint density at radius 3 is 2.95 bits per heavy atom. The molecule has 1 heterocycles. The van der Waals surface area contributed by atoms with E-state index in [1.165, 1.54) is 0 Å². The van der Waals surface area contributed by atoms with Gasteiger partial charge in [-0.2, -0.15) is 0 Å². The number of aliphatic hydroxyl groups is 1. The number of hydrogen-bond donors (Lipinski definition) is 2. The quantitative estimate of drug-likeness (QED) is 0.869. The average Bonchev–Trinajstić information content (AvgIpc) is 2.60. The summed E-state index contributed by atoms with van der Waals surface area (Å²) in [4.78, 5) is 12.3. The molecule has 104 valence electrons. The molecule has 0 saturated carbocycles. The third kappa shape index (κ3) is 3.47. The Hall–Kier alpha value is -1.55. The predicted molar refractivity (Wildman–Crippen MR) is 73.1 cm³/mol. The van der Waals surface area contributed by atoms with Crippen molar-refractivity contribution in [1.29, 1.82) is 0 Å². The lowest BCUT2D eigenvalue weighted by Gasteiger charge is -2.26. The molecule has 1 aliphatic rings. The fourth-order valence-corrected chi connectivity index (χ4v) is 2.19. The number of para-hydroxylation sites is 1. The van der Waals surface area contributed by atoms with Crippen LogP contribution in [0.25, 0.3) is 0 Å². The largest absolute Gasteiger partial charge is 0.493 e. The number of ether oxygens (including phenoxy) is 1. The van der Waals surface area contributed by atoms with E-state index in [1.807, 2.05) is 38.1 Å². The molecule has 1 aromatic rings. The minimum absolute atomic E-state index is 0.0145. The Balaban J connectivity index is 2.08. The molecule has 1 aliphatic heterocycles. The normalized spacial score (nSPS) is 19.0. The average molecular weight is 263 g/mol. The van der Waals surface area contributed by atoms with Crippen LogP contribution < -0.4 is 10.1 Å². The second kappa shape index (κ2) is 5.61. The molecule has 0 unspecified atom stereocenters. The van der Waals surface area contributed by atoms with Crippen LogP contribution in [0, 0.1) is 5.92 Å². The molecule has 1 amide bonds. The predicted octanol–water partition coefficient (Wildman–Crippen LogP) is 1.51. The topological polar surface area (TPSA) is 58.6 Å². The molecule has 4 heteroatoms. The lowest BCUT2D eigenvalue weighted by Crippen LogP contribution is -2.49. The molecule has 0 bridgehead atoms. The van der Waals surface area contributed by atoms with Crippen molar-refractivity contribution in [1.82, 2.24) is 5.32 Å². The van der Waals surface area contributed by atoms with Gasteiger partial charge in [-0.1, -0.05) is 18.2 Å². The SMILES string of the molecule is CC(C)(CO)NC(=O)[C@H]1CCOc2ccccc2C1. The van der Waals surface area contributed by atoms with Gasteiger partial charge < -0.3 is 15.2 Å². The van der Waals surface area contributed by atoms with Gasteiger partial charge in [0, 0.05) is 5.92 Å². The van der Waals surface area contributed by atoms with Gasteiger partial charge in [0.25, 0.3) is 0 Å². The lowest BCUT2D eigenvalue weighted by atomic mass is 9.94. The van der Waals surface area contributed by atoms with Gasteiger partial charge in [-0.15, -0.1) is 0 Å². The molecule has 2 N–H and O–H groups in total. The van der Waals surface area contributed by atoms with Crippen molar-refractivity contribution >= 4 is 5.91 Å². The Morgan fingerprint density at radius 2 is 2.21 bits per heavy atom. The Labute approximate surface area is 113 Å². The van der Waals surface area contributed by atoms with Gasteiger partial charge in [-0.3, -0.25) is 4.79 Å². The van der Waals surface area contributed by atoms with E-state index >= 15 is 0 Å². The standard InChI is InChI=1S/C15H21NO3/c1-15(2,10-17)16-14(18)12-7-8-19-13-6-4-3-5-11(13)9-12/h3-6,12,17H,7-10H2,1-2H3,(H,16,18)/t12-/m0/s1. The summed E-state index contributed by atoms with van der Waals surface area (Å²) in [5, 5.41) is 12.1. The molecule has 0 radical (unpaired) electrons. The van der Waals surface area contributed by atoms with E-state index in [4.69, 9.17) is 4.74 Å². The van der Waals surface area contributed by atoms with Crippen molar-refractivity contribution in [3.05, 3.63) is 29.8 Å². The monoisotopic (exact) mass is 263 g/mol. The molecular weight excluding hydrogens is 242 g/mol. The van der Waals surface area contributed by atoms with Crippen LogP contribution in [-0.4, -0.2) is 29.8 Å². The van der Waals surface area contributed by atoms with E-state index in [0.29, 0.717) is 19.4 Å². The fraction of sp³-hybridized carbons (Fsp3) is 0.533. The van der Waals surface area contributed by atoms with Crippen LogP contribution in [0.1, 0.15) is 25.8 Å².